The number of unbranched alkanes of at least 4 members (excludes halogenated alkanes) is 2. The molecule has 196 valence electrons. The second-order valence-corrected chi connectivity index (χ2v) is 10.5. The molecule has 1 amide bonds. The normalized spacial score (nSPS) is 19.2. The van der Waals surface area contributed by atoms with Crippen molar-refractivity contribution in [3.63, 3.8) is 0 Å². The number of hydrogen-bond acceptors (Lipinski definition) is 4. The molecule has 36 heavy (non-hydrogen) atoms. The second kappa shape index (κ2) is 13.1. The number of halogens is 2. The SMILES string of the molecule is C[C@@H](CCCCCc1ccccc1)[C@H](O)/C=C/[C@H]1CC(F)(F)C(=O)N1CCCc1ccsc1C(=O)O. The van der Waals surface area contributed by atoms with E-state index in [-0.39, 0.29) is 17.3 Å². The number of alkyl halides is 2. The van der Waals surface area contributed by atoms with Crippen LogP contribution < -0.4 is 0 Å². The summed E-state index contributed by atoms with van der Waals surface area (Å²) in [6.45, 7) is 2.05. The summed E-state index contributed by atoms with van der Waals surface area (Å²) in [7, 11) is 0. The predicted octanol–water partition coefficient (Wildman–Crippen LogP) is 5.97. The molecule has 1 aromatic heterocycles. The average molecular weight is 520 g/mol. The molecule has 1 fully saturated rings. The van der Waals surface area contributed by atoms with Crippen LogP contribution in [0.4, 0.5) is 8.78 Å². The molecule has 0 spiro atoms. The minimum absolute atomic E-state index is 0.0166. The Morgan fingerprint density at radius 1 is 1.17 bits per heavy atom. The van der Waals surface area contributed by atoms with E-state index in [1.54, 1.807) is 17.5 Å². The molecule has 0 saturated carbocycles. The van der Waals surface area contributed by atoms with Gasteiger partial charge in [0.05, 0.1) is 12.1 Å². The third kappa shape index (κ3) is 7.71. The first-order chi connectivity index (χ1) is 17.2. The van der Waals surface area contributed by atoms with E-state index >= 15 is 0 Å². The van der Waals surface area contributed by atoms with Gasteiger partial charge in [0.1, 0.15) is 4.88 Å². The first-order valence-electron chi connectivity index (χ1n) is 12.6. The number of hydrogen-bond donors (Lipinski definition) is 2. The Morgan fingerprint density at radius 2 is 1.92 bits per heavy atom. The number of carbonyl (C=O) groups is 2. The number of nitrogens with zero attached hydrogens (tertiary/aromatic N) is 1. The molecule has 1 aliphatic rings. The molecule has 1 aromatic carbocycles. The summed E-state index contributed by atoms with van der Waals surface area (Å²) in [6.07, 6.45) is 7.44. The van der Waals surface area contributed by atoms with Gasteiger partial charge in [-0.15, -0.1) is 11.3 Å². The van der Waals surface area contributed by atoms with Crippen LogP contribution in [0.3, 0.4) is 0 Å². The summed E-state index contributed by atoms with van der Waals surface area (Å²) in [6, 6.07) is 11.2. The van der Waals surface area contributed by atoms with Crippen LogP contribution in [0.2, 0.25) is 0 Å². The maximum atomic E-state index is 14.2. The molecule has 1 saturated heterocycles. The maximum absolute atomic E-state index is 14.2. The van der Waals surface area contributed by atoms with Crippen LogP contribution in [0, 0.1) is 5.92 Å². The molecule has 8 heteroatoms. The molecule has 5 nitrogen and oxygen atoms in total. The van der Waals surface area contributed by atoms with Gasteiger partial charge >= 0.3 is 11.9 Å². The molecule has 3 rings (SSSR count). The van der Waals surface area contributed by atoms with E-state index in [0.717, 1.165) is 48.3 Å². The monoisotopic (exact) mass is 519 g/mol. The Kier molecular flexibility index (Phi) is 10.2. The van der Waals surface area contributed by atoms with Gasteiger partial charge in [0.15, 0.2) is 0 Å². The van der Waals surface area contributed by atoms with Crippen LogP contribution in [-0.4, -0.2) is 51.6 Å². The summed E-state index contributed by atoms with van der Waals surface area (Å²) in [4.78, 5) is 24.9. The van der Waals surface area contributed by atoms with Crippen LogP contribution >= 0.6 is 11.3 Å². The Balaban J connectivity index is 1.46. The van der Waals surface area contributed by atoms with Gasteiger partial charge in [-0.3, -0.25) is 4.79 Å². The molecule has 0 unspecified atom stereocenters. The third-order valence-electron chi connectivity index (χ3n) is 6.81. The van der Waals surface area contributed by atoms with Gasteiger partial charge in [0.25, 0.3) is 5.91 Å². The zero-order chi connectivity index (χ0) is 26.1. The Labute approximate surface area is 215 Å². The van der Waals surface area contributed by atoms with Gasteiger partial charge in [-0.1, -0.05) is 62.2 Å². The van der Waals surface area contributed by atoms with E-state index < -0.39 is 36.4 Å². The van der Waals surface area contributed by atoms with Crippen LogP contribution in [-0.2, 0) is 17.6 Å². The quantitative estimate of drug-likeness (QED) is 0.238. The van der Waals surface area contributed by atoms with Crippen molar-refractivity contribution >= 4 is 23.2 Å². The number of aliphatic hydroxyl groups excluding tert-OH is 1. The van der Waals surface area contributed by atoms with Gasteiger partial charge in [-0.25, -0.2) is 4.79 Å². The molecule has 1 aliphatic heterocycles. The number of amides is 1. The van der Waals surface area contributed by atoms with E-state index in [1.165, 1.54) is 11.6 Å². The van der Waals surface area contributed by atoms with E-state index in [0.29, 0.717) is 18.4 Å². The number of carboxylic acids is 1. The molecule has 2 aromatic rings. The minimum atomic E-state index is -3.43. The van der Waals surface area contributed by atoms with Crippen molar-refractivity contribution in [1.29, 1.82) is 0 Å². The zero-order valence-electron chi connectivity index (χ0n) is 20.6. The highest BCUT2D eigenvalue weighted by Gasteiger charge is 2.52. The van der Waals surface area contributed by atoms with Crippen LogP contribution in [0.1, 0.15) is 66.2 Å². The fourth-order valence-corrected chi connectivity index (χ4v) is 5.43. The summed E-state index contributed by atoms with van der Waals surface area (Å²) in [5.74, 6) is -5.67. The van der Waals surface area contributed by atoms with Crippen LogP contribution in [0.25, 0.3) is 0 Å². The number of aromatic carboxylic acids is 1. The van der Waals surface area contributed by atoms with Crippen molar-refractivity contribution in [1.82, 2.24) is 4.90 Å². The zero-order valence-corrected chi connectivity index (χ0v) is 21.4. The number of aliphatic hydroxyl groups is 1. The number of rotatable bonds is 14. The molecule has 0 bridgehead atoms. The van der Waals surface area contributed by atoms with Gasteiger partial charge in [-0.2, -0.15) is 8.78 Å². The summed E-state index contributed by atoms with van der Waals surface area (Å²) in [5.41, 5.74) is 1.96. The second-order valence-electron chi connectivity index (χ2n) is 9.60. The van der Waals surface area contributed by atoms with Crippen molar-refractivity contribution in [2.75, 3.05) is 6.54 Å². The number of benzene rings is 1. The number of likely N-dealkylation sites (tertiary alicyclic amines) is 1. The highest BCUT2D eigenvalue weighted by atomic mass is 32.1. The van der Waals surface area contributed by atoms with Crippen molar-refractivity contribution in [3.8, 4) is 0 Å². The van der Waals surface area contributed by atoms with Gasteiger partial charge in [0, 0.05) is 13.0 Å². The van der Waals surface area contributed by atoms with Crippen molar-refractivity contribution in [2.45, 2.75) is 76.4 Å². The first kappa shape index (κ1) is 28.0. The smallest absolute Gasteiger partial charge is 0.346 e. The Morgan fingerprint density at radius 3 is 2.64 bits per heavy atom. The third-order valence-corrected chi connectivity index (χ3v) is 7.75. The fourth-order valence-electron chi connectivity index (χ4n) is 4.64. The predicted molar refractivity (Wildman–Crippen MR) is 138 cm³/mol. The van der Waals surface area contributed by atoms with Crippen molar-refractivity contribution in [3.05, 3.63) is 69.9 Å². The summed E-state index contributed by atoms with van der Waals surface area (Å²) < 4.78 is 28.4. The number of carboxylic acid groups (broad SMARTS) is 1. The average Bonchev–Trinajstić information content (AvgIpc) is 3.41. The molecule has 3 atom stereocenters. The maximum Gasteiger partial charge on any atom is 0.346 e. The van der Waals surface area contributed by atoms with E-state index in [2.05, 4.69) is 12.1 Å². The topological polar surface area (TPSA) is 77.8 Å². The summed E-state index contributed by atoms with van der Waals surface area (Å²) >= 11 is 1.12. The Bertz CT molecular complexity index is 1020. The van der Waals surface area contributed by atoms with E-state index in [4.69, 9.17) is 0 Å². The standard InChI is InChI=1S/C28H35F2NO4S/c1-20(9-4-2-5-10-21-11-6-3-7-12-21)24(32)15-14-23-19-28(29,30)27(35)31(23)17-8-13-22-16-18-36-25(22)26(33)34/h3,6-7,11-12,14-16,18,20,23-24,32H,2,4-5,8-10,13,17,19H2,1H3,(H,33,34)/b15-14+/t20-,23-,24+/m0/s1. The lowest BCUT2D eigenvalue weighted by atomic mass is 9.95. The fraction of sp³-hybridized carbons (Fsp3) is 0.500. The number of thiophene rings is 1. The Hall–Kier alpha value is -2.58. The van der Waals surface area contributed by atoms with Crippen LogP contribution in [0.15, 0.2) is 53.9 Å². The van der Waals surface area contributed by atoms with Gasteiger partial charge in [0.2, 0.25) is 0 Å². The molecular weight excluding hydrogens is 484 g/mol. The minimum Gasteiger partial charge on any atom is -0.477 e. The largest absolute Gasteiger partial charge is 0.477 e. The highest BCUT2D eigenvalue weighted by Crippen LogP contribution is 2.34. The van der Waals surface area contributed by atoms with Crippen LogP contribution in [0.5, 0.6) is 0 Å². The van der Waals surface area contributed by atoms with Crippen molar-refractivity contribution in [2.24, 2.45) is 5.92 Å². The first-order valence-corrected chi connectivity index (χ1v) is 13.5. The molecule has 2 heterocycles. The van der Waals surface area contributed by atoms with Gasteiger partial charge < -0.3 is 15.1 Å². The molecule has 2 N–H and O–H groups in total. The molecular formula is C28H35F2NO4S. The van der Waals surface area contributed by atoms with E-state index in [9.17, 15) is 28.6 Å². The van der Waals surface area contributed by atoms with Gasteiger partial charge in [-0.05, 0) is 60.6 Å². The molecule has 0 radical (unpaired) electrons. The molecule has 0 aliphatic carbocycles. The lowest BCUT2D eigenvalue weighted by Gasteiger charge is -2.22. The van der Waals surface area contributed by atoms with E-state index in [1.807, 2.05) is 25.1 Å². The highest BCUT2D eigenvalue weighted by molar-refractivity contribution is 7.12. The van der Waals surface area contributed by atoms with Crippen molar-refractivity contribution < 1.29 is 28.6 Å². The lowest BCUT2D eigenvalue weighted by Crippen LogP contribution is -2.37. The number of carbonyl (C=O) groups excluding carboxylic acids is 1. The lowest BCUT2D eigenvalue weighted by molar-refractivity contribution is -0.148. The number of aryl methyl sites for hydroxylation is 2. The summed E-state index contributed by atoms with van der Waals surface area (Å²) in [5, 5.41) is 21.5.